The van der Waals surface area contributed by atoms with Crippen LogP contribution >= 0.6 is 0 Å². The summed E-state index contributed by atoms with van der Waals surface area (Å²) in [5, 5.41) is 3.32. The number of carbonyl (C=O) groups excluding carboxylic acids is 1. The minimum atomic E-state index is 0.315. The molecule has 0 aromatic heterocycles. The van der Waals surface area contributed by atoms with Gasteiger partial charge in [-0.3, -0.25) is 4.79 Å². The Morgan fingerprint density at radius 3 is 2.86 bits per heavy atom. The smallest absolute Gasteiger partial charge is 0.223 e. The Labute approximate surface area is 176 Å². The van der Waals surface area contributed by atoms with Crippen molar-refractivity contribution in [2.75, 3.05) is 45.9 Å². The van der Waals surface area contributed by atoms with Gasteiger partial charge < -0.3 is 19.9 Å². The Morgan fingerprint density at radius 1 is 1.14 bits per heavy atom. The van der Waals surface area contributed by atoms with E-state index < -0.39 is 0 Å². The number of ether oxygens (including phenoxy) is 1. The van der Waals surface area contributed by atoms with Crippen LogP contribution in [0, 0.1) is 0 Å². The van der Waals surface area contributed by atoms with Gasteiger partial charge in [0.15, 0.2) is 0 Å². The molecule has 1 heterocycles. The zero-order chi connectivity index (χ0) is 20.5. The Hall–Kier alpha value is -1.59. The van der Waals surface area contributed by atoms with Crippen molar-refractivity contribution >= 4 is 5.91 Å². The molecule has 1 aromatic rings. The minimum absolute atomic E-state index is 0.315. The first-order valence-corrected chi connectivity index (χ1v) is 11.7. The van der Waals surface area contributed by atoms with Crippen molar-refractivity contribution in [1.29, 1.82) is 0 Å². The fraction of sp³-hybridized carbons (Fsp3) is 0.708. The van der Waals surface area contributed by atoms with E-state index in [1.54, 1.807) is 0 Å². The van der Waals surface area contributed by atoms with E-state index in [9.17, 15) is 4.79 Å². The van der Waals surface area contributed by atoms with E-state index in [0.717, 1.165) is 64.3 Å². The first-order chi connectivity index (χ1) is 14.2. The molecule has 0 saturated carbocycles. The number of nitrogens with one attached hydrogen (secondary N) is 1. The Kier molecular flexibility index (Phi) is 8.81. The second-order valence-corrected chi connectivity index (χ2v) is 8.38. The van der Waals surface area contributed by atoms with E-state index in [1.807, 2.05) is 6.92 Å². The SMILES string of the molecule is CCCN(CCCCN1CCNCCC1=O)C1CCc2cc(OCC)ccc2C1. The lowest BCUT2D eigenvalue weighted by atomic mass is 9.87. The maximum absolute atomic E-state index is 12.1. The Bertz CT molecular complexity index is 649. The molecule has 1 amide bonds. The monoisotopic (exact) mass is 401 g/mol. The summed E-state index contributed by atoms with van der Waals surface area (Å²) in [5.41, 5.74) is 2.96. The predicted molar refractivity (Wildman–Crippen MR) is 119 cm³/mol. The standard InChI is InChI=1S/C24H39N3O2/c1-3-14-26(15-5-6-16-27-17-13-25-12-11-24(27)28)22-9-7-21-19-23(29-4-2)10-8-20(21)18-22/h8,10,19,22,25H,3-7,9,11-18H2,1-2H3. The lowest BCUT2D eigenvalue weighted by molar-refractivity contribution is -0.130. The van der Waals surface area contributed by atoms with Gasteiger partial charge in [0.2, 0.25) is 5.91 Å². The number of fused-ring (bicyclic) bond motifs is 1. The van der Waals surface area contributed by atoms with Crippen LogP contribution in [0.1, 0.15) is 57.1 Å². The van der Waals surface area contributed by atoms with Gasteiger partial charge in [-0.2, -0.15) is 0 Å². The maximum Gasteiger partial charge on any atom is 0.223 e. The van der Waals surface area contributed by atoms with Gasteiger partial charge in [-0.15, -0.1) is 0 Å². The van der Waals surface area contributed by atoms with Crippen LogP contribution in [0.2, 0.25) is 0 Å². The first kappa shape index (κ1) is 22.1. The molecule has 1 atom stereocenters. The van der Waals surface area contributed by atoms with Gasteiger partial charge >= 0.3 is 0 Å². The third-order valence-corrected chi connectivity index (χ3v) is 6.27. The molecule has 1 N–H and O–H groups in total. The molecule has 0 radical (unpaired) electrons. The molecule has 1 saturated heterocycles. The quantitative estimate of drug-likeness (QED) is 0.611. The maximum atomic E-state index is 12.1. The molecule has 1 aliphatic heterocycles. The number of benzene rings is 1. The largest absolute Gasteiger partial charge is 0.494 e. The Morgan fingerprint density at radius 2 is 2.03 bits per heavy atom. The molecule has 2 aliphatic rings. The highest BCUT2D eigenvalue weighted by molar-refractivity contribution is 5.76. The van der Waals surface area contributed by atoms with Crippen LogP contribution in [-0.4, -0.2) is 67.6 Å². The molecular formula is C24H39N3O2. The summed E-state index contributed by atoms with van der Waals surface area (Å²) in [4.78, 5) is 16.9. The summed E-state index contributed by atoms with van der Waals surface area (Å²) in [6.45, 7) is 10.9. The lowest BCUT2D eigenvalue weighted by Gasteiger charge is -2.35. The van der Waals surface area contributed by atoms with Crippen molar-refractivity contribution < 1.29 is 9.53 Å². The van der Waals surface area contributed by atoms with Crippen LogP contribution in [0.3, 0.4) is 0 Å². The van der Waals surface area contributed by atoms with E-state index in [0.29, 0.717) is 18.4 Å². The van der Waals surface area contributed by atoms with Gasteiger partial charge in [-0.1, -0.05) is 13.0 Å². The van der Waals surface area contributed by atoms with Crippen molar-refractivity contribution in [1.82, 2.24) is 15.1 Å². The number of hydrogen-bond donors (Lipinski definition) is 1. The molecule has 3 rings (SSSR count). The summed E-state index contributed by atoms with van der Waals surface area (Å²) in [7, 11) is 0. The highest BCUT2D eigenvalue weighted by Crippen LogP contribution is 2.28. The third-order valence-electron chi connectivity index (χ3n) is 6.27. The van der Waals surface area contributed by atoms with Crippen molar-refractivity contribution in [3.05, 3.63) is 29.3 Å². The van der Waals surface area contributed by atoms with Crippen molar-refractivity contribution in [2.24, 2.45) is 0 Å². The normalized spacial score (nSPS) is 19.9. The van der Waals surface area contributed by atoms with Gasteiger partial charge in [0.05, 0.1) is 6.61 Å². The van der Waals surface area contributed by atoms with E-state index >= 15 is 0 Å². The molecular weight excluding hydrogens is 362 g/mol. The average molecular weight is 402 g/mol. The van der Waals surface area contributed by atoms with E-state index in [-0.39, 0.29) is 0 Å². The van der Waals surface area contributed by atoms with E-state index in [2.05, 4.69) is 40.2 Å². The van der Waals surface area contributed by atoms with E-state index in [1.165, 1.54) is 36.9 Å². The van der Waals surface area contributed by atoms with Gasteiger partial charge in [-0.25, -0.2) is 0 Å². The molecule has 1 fully saturated rings. The number of carbonyl (C=O) groups is 1. The number of amides is 1. The number of aryl methyl sites for hydroxylation is 1. The molecule has 5 heteroatoms. The number of nitrogens with zero attached hydrogens (tertiary/aromatic N) is 2. The summed E-state index contributed by atoms with van der Waals surface area (Å²) < 4.78 is 5.67. The molecule has 29 heavy (non-hydrogen) atoms. The third kappa shape index (κ3) is 6.45. The number of unbranched alkanes of at least 4 members (excludes halogenated alkanes) is 1. The lowest BCUT2D eigenvalue weighted by Crippen LogP contribution is -2.41. The number of hydrogen-bond acceptors (Lipinski definition) is 4. The average Bonchev–Trinajstić information content (AvgIpc) is 2.94. The van der Waals surface area contributed by atoms with Crippen LogP contribution in [0.4, 0.5) is 0 Å². The first-order valence-electron chi connectivity index (χ1n) is 11.7. The minimum Gasteiger partial charge on any atom is -0.494 e. The van der Waals surface area contributed by atoms with Gasteiger partial charge in [-0.05, 0) is 81.8 Å². The molecule has 0 spiro atoms. The van der Waals surface area contributed by atoms with E-state index in [4.69, 9.17) is 4.74 Å². The van der Waals surface area contributed by atoms with Crippen molar-refractivity contribution in [3.63, 3.8) is 0 Å². The zero-order valence-electron chi connectivity index (χ0n) is 18.4. The summed E-state index contributed by atoms with van der Waals surface area (Å²) in [6, 6.07) is 7.29. The van der Waals surface area contributed by atoms with Crippen LogP contribution in [0.5, 0.6) is 5.75 Å². The molecule has 1 aliphatic carbocycles. The number of rotatable bonds is 10. The fourth-order valence-corrected chi connectivity index (χ4v) is 4.72. The summed E-state index contributed by atoms with van der Waals surface area (Å²) in [5.74, 6) is 1.32. The molecule has 1 aromatic carbocycles. The zero-order valence-corrected chi connectivity index (χ0v) is 18.4. The van der Waals surface area contributed by atoms with Crippen LogP contribution in [0.15, 0.2) is 18.2 Å². The van der Waals surface area contributed by atoms with Crippen molar-refractivity contribution in [3.8, 4) is 5.75 Å². The molecule has 162 valence electrons. The molecule has 5 nitrogen and oxygen atoms in total. The van der Waals surface area contributed by atoms with Crippen LogP contribution in [0.25, 0.3) is 0 Å². The summed E-state index contributed by atoms with van der Waals surface area (Å²) >= 11 is 0. The second-order valence-electron chi connectivity index (χ2n) is 8.38. The van der Waals surface area contributed by atoms with Gasteiger partial charge in [0.1, 0.15) is 5.75 Å². The highest BCUT2D eigenvalue weighted by Gasteiger charge is 2.24. The summed E-state index contributed by atoms with van der Waals surface area (Å²) in [6.07, 6.45) is 7.65. The van der Waals surface area contributed by atoms with Gasteiger partial charge in [0, 0.05) is 38.6 Å². The fourth-order valence-electron chi connectivity index (χ4n) is 4.72. The van der Waals surface area contributed by atoms with Crippen LogP contribution in [-0.2, 0) is 17.6 Å². The highest BCUT2D eigenvalue weighted by atomic mass is 16.5. The molecule has 1 unspecified atom stereocenters. The molecule has 0 bridgehead atoms. The van der Waals surface area contributed by atoms with Crippen molar-refractivity contribution in [2.45, 2.75) is 64.8 Å². The second kappa shape index (κ2) is 11.6. The predicted octanol–water partition coefficient (Wildman–Crippen LogP) is 3.26. The topological polar surface area (TPSA) is 44.8 Å². The Balaban J connectivity index is 1.48. The van der Waals surface area contributed by atoms with Crippen LogP contribution < -0.4 is 10.1 Å². The van der Waals surface area contributed by atoms with Gasteiger partial charge in [0.25, 0.3) is 0 Å².